The number of ether oxygens (including phenoxy) is 3. The van der Waals surface area contributed by atoms with Crippen LogP contribution in [0, 0.1) is 0 Å². The Morgan fingerprint density at radius 2 is 2.04 bits per heavy atom. The molecule has 0 saturated carbocycles. The van der Waals surface area contributed by atoms with E-state index in [9.17, 15) is 4.79 Å². The molecule has 0 spiro atoms. The van der Waals surface area contributed by atoms with E-state index in [0.29, 0.717) is 28.2 Å². The highest BCUT2D eigenvalue weighted by molar-refractivity contribution is 7.22. The van der Waals surface area contributed by atoms with Crippen molar-refractivity contribution >= 4 is 32.8 Å². The van der Waals surface area contributed by atoms with Crippen molar-refractivity contribution in [3.05, 3.63) is 42.1 Å². The van der Waals surface area contributed by atoms with Crippen LogP contribution in [0.5, 0.6) is 11.6 Å². The first-order valence-electron chi connectivity index (χ1n) is 8.69. The Bertz CT molecular complexity index is 939. The molecule has 8 heteroatoms. The lowest BCUT2D eigenvalue weighted by molar-refractivity contribution is 0.0855. The maximum Gasteiger partial charge on any atom is 0.418 e. The standard InChI is InChI=1S/C19H19N3O4S/c1-24-17-15-16(14(11-20-17)12-7-9-25-10-8-12)27-18(21-15)22-19(23)26-13-5-3-2-4-6-13/h2-6,11-12H,7-10H2,1H3,(H,21,22,23). The Balaban J connectivity index is 1.61. The summed E-state index contributed by atoms with van der Waals surface area (Å²) in [6.07, 6.45) is 3.15. The summed E-state index contributed by atoms with van der Waals surface area (Å²) in [6, 6.07) is 8.89. The number of fused-ring (bicyclic) bond motifs is 1. The van der Waals surface area contributed by atoms with Crippen LogP contribution < -0.4 is 14.8 Å². The van der Waals surface area contributed by atoms with E-state index in [0.717, 1.165) is 36.3 Å². The predicted octanol–water partition coefficient (Wildman–Crippen LogP) is 4.20. The third-order valence-electron chi connectivity index (χ3n) is 4.43. The number of para-hydroxylation sites is 1. The number of rotatable bonds is 4. The van der Waals surface area contributed by atoms with Gasteiger partial charge in [-0.2, -0.15) is 0 Å². The molecule has 1 amide bonds. The molecule has 0 aliphatic carbocycles. The fourth-order valence-electron chi connectivity index (χ4n) is 3.12. The summed E-state index contributed by atoms with van der Waals surface area (Å²) >= 11 is 1.40. The van der Waals surface area contributed by atoms with Crippen molar-refractivity contribution in [1.29, 1.82) is 0 Å². The second-order valence-electron chi connectivity index (χ2n) is 6.13. The van der Waals surface area contributed by atoms with Crippen molar-refractivity contribution in [1.82, 2.24) is 9.97 Å². The van der Waals surface area contributed by atoms with E-state index < -0.39 is 6.09 Å². The molecule has 0 atom stereocenters. The van der Waals surface area contributed by atoms with Gasteiger partial charge in [-0.15, -0.1) is 0 Å². The van der Waals surface area contributed by atoms with E-state index in [1.807, 2.05) is 12.3 Å². The third-order valence-corrected chi connectivity index (χ3v) is 5.45. The van der Waals surface area contributed by atoms with Crippen LogP contribution in [0.1, 0.15) is 24.3 Å². The quantitative estimate of drug-likeness (QED) is 0.725. The van der Waals surface area contributed by atoms with E-state index in [1.54, 1.807) is 31.4 Å². The topological polar surface area (TPSA) is 82.6 Å². The van der Waals surface area contributed by atoms with Crippen LogP contribution in [0.3, 0.4) is 0 Å². The summed E-state index contributed by atoms with van der Waals surface area (Å²) in [5, 5.41) is 3.15. The number of thiazole rings is 1. The minimum Gasteiger partial charge on any atom is -0.479 e. The number of benzene rings is 1. The zero-order valence-electron chi connectivity index (χ0n) is 14.8. The number of carbonyl (C=O) groups is 1. The van der Waals surface area contributed by atoms with Crippen molar-refractivity contribution < 1.29 is 19.0 Å². The lowest BCUT2D eigenvalue weighted by atomic mass is 9.93. The van der Waals surface area contributed by atoms with Crippen molar-refractivity contribution in [2.24, 2.45) is 0 Å². The van der Waals surface area contributed by atoms with Gasteiger partial charge < -0.3 is 14.2 Å². The van der Waals surface area contributed by atoms with Crippen molar-refractivity contribution in [2.45, 2.75) is 18.8 Å². The average molecular weight is 385 g/mol. The fraction of sp³-hybridized carbons (Fsp3) is 0.316. The SMILES string of the molecule is COc1ncc(C2CCOCC2)c2sc(NC(=O)Oc3ccccc3)nc12. The highest BCUT2D eigenvalue weighted by Gasteiger charge is 2.23. The predicted molar refractivity (Wildman–Crippen MR) is 103 cm³/mol. The van der Waals surface area contributed by atoms with Gasteiger partial charge in [-0.3, -0.25) is 5.32 Å². The maximum atomic E-state index is 12.2. The molecular formula is C19H19N3O4S. The monoisotopic (exact) mass is 385 g/mol. The Labute approximate surface area is 160 Å². The molecule has 27 heavy (non-hydrogen) atoms. The summed E-state index contributed by atoms with van der Waals surface area (Å²) in [5.74, 6) is 1.28. The zero-order chi connectivity index (χ0) is 18.6. The van der Waals surface area contributed by atoms with Crippen LogP contribution >= 0.6 is 11.3 Å². The molecule has 140 valence electrons. The van der Waals surface area contributed by atoms with Crippen molar-refractivity contribution in [3.8, 4) is 11.6 Å². The number of amides is 1. The second-order valence-corrected chi connectivity index (χ2v) is 7.13. The van der Waals surface area contributed by atoms with E-state index >= 15 is 0 Å². The largest absolute Gasteiger partial charge is 0.479 e. The number of hydrogen-bond donors (Lipinski definition) is 1. The number of anilines is 1. The summed E-state index contributed by atoms with van der Waals surface area (Å²) in [6.45, 7) is 1.48. The number of hydrogen-bond acceptors (Lipinski definition) is 7. The van der Waals surface area contributed by atoms with Gasteiger partial charge in [0.25, 0.3) is 0 Å². The molecule has 3 aromatic rings. The summed E-state index contributed by atoms with van der Waals surface area (Å²) in [5.41, 5.74) is 1.78. The Morgan fingerprint density at radius 3 is 2.78 bits per heavy atom. The smallest absolute Gasteiger partial charge is 0.418 e. The highest BCUT2D eigenvalue weighted by Crippen LogP contribution is 2.39. The second kappa shape index (κ2) is 7.89. The van der Waals surface area contributed by atoms with E-state index in [-0.39, 0.29) is 0 Å². The van der Waals surface area contributed by atoms with Crippen molar-refractivity contribution in [2.75, 3.05) is 25.6 Å². The minimum absolute atomic E-state index is 0.365. The van der Waals surface area contributed by atoms with Crippen LogP contribution in [0.15, 0.2) is 36.5 Å². The normalized spacial score (nSPS) is 14.9. The van der Waals surface area contributed by atoms with Gasteiger partial charge in [-0.25, -0.2) is 14.8 Å². The van der Waals surface area contributed by atoms with Crippen LogP contribution in [-0.2, 0) is 4.74 Å². The molecule has 1 N–H and O–H groups in total. The summed E-state index contributed by atoms with van der Waals surface area (Å²) in [7, 11) is 1.56. The van der Waals surface area contributed by atoms with Gasteiger partial charge in [-0.1, -0.05) is 29.5 Å². The zero-order valence-corrected chi connectivity index (χ0v) is 15.6. The molecule has 0 radical (unpaired) electrons. The number of methoxy groups -OCH3 is 1. The van der Waals surface area contributed by atoms with Crippen LogP contribution in [-0.4, -0.2) is 36.4 Å². The molecule has 1 aromatic carbocycles. The van der Waals surface area contributed by atoms with E-state index in [1.165, 1.54) is 11.3 Å². The molecule has 1 aliphatic heterocycles. The number of pyridine rings is 1. The lowest BCUT2D eigenvalue weighted by Crippen LogP contribution is -2.16. The highest BCUT2D eigenvalue weighted by atomic mass is 32.1. The number of aromatic nitrogens is 2. The molecule has 0 bridgehead atoms. The van der Waals surface area contributed by atoms with Gasteiger partial charge in [0.2, 0.25) is 5.88 Å². The number of nitrogens with one attached hydrogen (secondary N) is 1. The lowest BCUT2D eigenvalue weighted by Gasteiger charge is -2.22. The van der Waals surface area contributed by atoms with Crippen LogP contribution in [0.2, 0.25) is 0 Å². The average Bonchev–Trinajstić information content (AvgIpc) is 3.12. The molecule has 1 aliphatic rings. The van der Waals surface area contributed by atoms with Gasteiger partial charge >= 0.3 is 6.09 Å². The number of carbonyl (C=O) groups excluding carboxylic acids is 1. The van der Waals surface area contributed by atoms with Gasteiger partial charge in [0.15, 0.2) is 5.13 Å². The first-order valence-corrected chi connectivity index (χ1v) is 9.51. The molecule has 1 saturated heterocycles. The van der Waals surface area contributed by atoms with E-state index in [4.69, 9.17) is 14.2 Å². The maximum absolute atomic E-state index is 12.2. The molecular weight excluding hydrogens is 366 g/mol. The molecule has 7 nitrogen and oxygen atoms in total. The summed E-state index contributed by atoms with van der Waals surface area (Å²) < 4.78 is 17.1. The Kier molecular flexibility index (Phi) is 5.17. The van der Waals surface area contributed by atoms with Gasteiger partial charge in [0.05, 0.1) is 11.8 Å². The summed E-state index contributed by atoms with van der Waals surface area (Å²) in [4.78, 5) is 21.1. The molecule has 0 unspecified atom stereocenters. The Hall–Kier alpha value is -2.71. The molecule has 3 heterocycles. The first-order chi connectivity index (χ1) is 13.2. The molecule has 1 fully saturated rings. The molecule has 2 aromatic heterocycles. The van der Waals surface area contributed by atoms with E-state index in [2.05, 4.69) is 15.3 Å². The first kappa shape index (κ1) is 17.7. The van der Waals surface area contributed by atoms with Crippen molar-refractivity contribution in [3.63, 3.8) is 0 Å². The van der Waals surface area contributed by atoms with Gasteiger partial charge in [-0.05, 0) is 36.5 Å². The van der Waals surface area contributed by atoms with Crippen LogP contribution in [0.4, 0.5) is 9.93 Å². The minimum atomic E-state index is -0.584. The van der Waals surface area contributed by atoms with Gasteiger partial charge in [0.1, 0.15) is 11.3 Å². The fourth-order valence-corrected chi connectivity index (χ4v) is 4.15. The number of nitrogens with zero attached hydrogens (tertiary/aromatic N) is 2. The third kappa shape index (κ3) is 3.86. The van der Waals surface area contributed by atoms with Crippen LogP contribution in [0.25, 0.3) is 10.2 Å². The Morgan fingerprint density at radius 1 is 1.26 bits per heavy atom. The van der Waals surface area contributed by atoms with Gasteiger partial charge in [0, 0.05) is 19.4 Å². The molecule has 4 rings (SSSR count).